The molecule has 0 spiro atoms. The summed E-state index contributed by atoms with van der Waals surface area (Å²) in [6.07, 6.45) is 0. The average Bonchev–Trinajstić information content (AvgIpc) is 2.48. The van der Waals surface area contributed by atoms with E-state index < -0.39 is 5.91 Å². The van der Waals surface area contributed by atoms with Gasteiger partial charge < -0.3 is 21.5 Å². The topological polar surface area (TPSA) is 107 Å². The zero-order valence-electron chi connectivity index (χ0n) is 11.2. The van der Waals surface area contributed by atoms with Gasteiger partial charge in [0.25, 0.3) is 5.91 Å². The summed E-state index contributed by atoms with van der Waals surface area (Å²) >= 11 is 0. The van der Waals surface area contributed by atoms with Gasteiger partial charge in [-0.25, -0.2) is 0 Å². The number of rotatable bonds is 5. The van der Waals surface area contributed by atoms with Gasteiger partial charge in [0.2, 0.25) is 5.91 Å². The number of primary amides is 1. The average molecular weight is 285 g/mol. The fourth-order valence-electron chi connectivity index (χ4n) is 1.66. The van der Waals surface area contributed by atoms with E-state index in [1.54, 1.807) is 36.4 Å². The van der Waals surface area contributed by atoms with E-state index in [4.69, 9.17) is 16.2 Å². The molecule has 6 heteroatoms. The van der Waals surface area contributed by atoms with Crippen LogP contribution in [0.4, 0.5) is 11.4 Å². The van der Waals surface area contributed by atoms with Crippen LogP contribution >= 0.6 is 0 Å². The van der Waals surface area contributed by atoms with Gasteiger partial charge in [-0.15, -0.1) is 0 Å². The number of hydrogen-bond acceptors (Lipinski definition) is 4. The molecule has 2 rings (SSSR count). The summed E-state index contributed by atoms with van der Waals surface area (Å²) in [5, 5.41) is 2.65. The number of benzene rings is 2. The molecule has 0 fully saturated rings. The third kappa shape index (κ3) is 3.97. The van der Waals surface area contributed by atoms with Gasteiger partial charge >= 0.3 is 0 Å². The number of nitrogens with two attached hydrogens (primary N) is 2. The maximum absolute atomic E-state index is 11.7. The molecule has 5 N–H and O–H groups in total. The van der Waals surface area contributed by atoms with Gasteiger partial charge in [0, 0.05) is 5.56 Å². The first-order valence-electron chi connectivity index (χ1n) is 6.23. The number of hydrogen-bond donors (Lipinski definition) is 3. The highest BCUT2D eigenvalue weighted by atomic mass is 16.5. The highest BCUT2D eigenvalue weighted by molar-refractivity contribution is 5.95. The van der Waals surface area contributed by atoms with Crippen LogP contribution in [0.2, 0.25) is 0 Å². The Morgan fingerprint density at radius 1 is 1.05 bits per heavy atom. The Balaban J connectivity index is 1.89. The largest absolute Gasteiger partial charge is 0.484 e. The second kappa shape index (κ2) is 6.42. The molecule has 0 aliphatic carbocycles. The lowest BCUT2D eigenvalue weighted by Crippen LogP contribution is -2.20. The molecule has 0 saturated heterocycles. The molecule has 2 aromatic carbocycles. The first-order valence-corrected chi connectivity index (χ1v) is 6.23. The third-order valence-corrected chi connectivity index (χ3v) is 2.74. The molecule has 108 valence electrons. The van der Waals surface area contributed by atoms with Gasteiger partial charge in [0.1, 0.15) is 5.75 Å². The summed E-state index contributed by atoms with van der Waals surface area (Å²) in [6.45, 7) is -0.162. The molecule has 0 aliphatic heterocycles. The maximum atomic E-state index is 11.7. The quantitative estimate of drug-likeness (QED) is 0.721. The van der Waals surface area contributed by atoms with E-state index in [2.05, 4.69) is 5.32 Å². The molecule has 2 amide bonds. The van der Waals surface area contributed by atoms with E-state index in [0.29, 0.717) is 22.7 Å². The van der Waals surface area contributed by atoms with E-state index in [-0.39, 0.29) is 12.5 Å². The van der Waals surface area contributed by atoms with Crippen molar-refractivity contribution in [1.82, 2.24) is 0 Å². The number of para-hydroxylation sites is 2. The van der Waals surface area contributed by atoms with Gasteiger partial charge in [-0.3, -0.25) is 9.59 Å². The fraction of sp³-hybridized carbons (Fsp3) is 0.0667. The van der Waals surface area contributed by atoms with Crippen LogP contribution in [0.3, 0.4) is 0 Å². The molecular weight excluding hydrogens is 270 g/mol. The van der Waals surface area contributed by atoms with Crippen molar-refractivity contribution in [2.24, 2.45) is 5.73 Å². The van der Waals surface area contributed by atoms with Gasteiger partial charge in [0.15, 0.2) is 6.61 Å². The molecular formula is C15H15N3O3. The Labute approximate surface area is 121 Å². The Bertz CT molecular complexity index is 653. The van der Waals surface area contributed by atoms with Crippen LogP contribution in [0.1, 0.15) is 10.4 Å². The number of ether oxygens (including phenoxy) is 1. The van der Waals surface area contributed by atoms with Crippen molar-refractivity contribution < 1.29 is 14.3 Å². The molecule has 0 aromatic heterocycles. The number of carbonyl (C=O) groups is 2. The minimum Gasteiger partial charge on any atom is -0.484 e. The maximum Gasteiger partial charge on any atom is 0.262 e. The summed E-state index contributed by atoms with van der Waals surface area (Å²) in [7, 11) is 0. The van der Waals surface area contributed by atoms with Gasteiger partial charge in [-0.2, -0.15) is 0 Å². The summed E-state index contributed by atoms with van der Waals surface area (Å²) < 4.78 is 5.31. The number of carbonyl (C=O) groups excluding carboxylic acids is 2. The fourth-order valence-corrected chi connectivity index (χ4v) is 1.66. The van der Waals surface area contributed by atoms with Crippen molar-refractivity contribution in [3.63, 3.8) is 0 Å². The normalized spacial score (nSPS) is 9.90. The second-order valence-corrected chi connectivity index (χ2v) is 4.31. The number of nitrogen functional groups attached to an aromatic ring is 1. The lowest BCUT2D eigenvalue weighted by molar-refractivity contribution is -0.118. The van der Waals surface area contributed by atoms with E-state index in [9.17, 15) is 9.59 Å². The van der Waals surface area contributed by atoms with Crippen LogP contribution in [0, 0.1) is 0 Å². The smallest absolute Gasteiger partial charge is 0.262 e. The zero-order chi connectivity index (χ0) is 15.2. The van der Waals surface area contributed by atoms with Gasteiger partial charge in [0.05, 0.1) is 11.4 Å². The van der Waals surface area contributed by atoms with Crippen molar-refractivity contribution in [2.75, 3.05) is 17.7 Å². The van der Waals surface area contributed by atoms with Gasteiger partial charge in [-0.1, -0.05) is 12.1 Å². The van der Waals surface area contributed by atoms with E-state index in [1.165, 1.54) is 12.1 Å². The van der Waals surface area contributed by atoms with Crippen LogP contribution in [0.25, 0.3) is 0 Å². The molecule has 2 aromatic rings. The Morgan fingerprint density at radius 2 is 1.71 bits per heavy atom. The minimum absolute atomic E-state index is 0.162. The molecule has 0 unspecified atom stereocenters. The summed E-state index contributed by atoms with van der Waals surface area (Å²) in [6, 6.07) is 13.2. The van der Waals surface area contributed by atoms with Crippen LogP contribution in [0.15, 0.2) is 48.5 Å². The SMILES string of the molecule is NC(=O)c1ccc(OCC(=O)Nc2ccccc2N)cc1. The Kier molecular flexibility index (Phi) is 4.40. The Morgan fingerprint density at radius 3 is 2.33 bits per heavy atom. The van der Waals surface area contributed by atoms with Crippen molar-refractivity contribution in [3.05, 3.63) is 54.1 Å². The lowest BCUT2D eigenvalue weighted by atomic mass is 10.2. The summed E-state index contributed by atoms with van der Waals surface area (Å²) in [5.74, 6) is -0.373. The predicted molar refractivity (Wildman–Crippen MR) is 79.9 cm³/mol. The van der Waals surface area contributed by atoms with Crippen LogP contribution in [0.5, 0.6) is 5.75 Å². The lowest BCUT2D eigenvalue weighted by Gasteiger charge is -2.09. The second-order valence-electron chi connectivity index (χ2n) is 4.31. The first kappa shape index (κ1) is 14.4. The summed E-state index contributed by atoms with van der Waals surface area (Å²) in [5.41, 5.74) is 12.3. The Hall–Kier alpha value is -3.02. The number of amides is 2. The third-order valence-electron chi connectivity index (χ3n) is 2.74. The molecule has 0 saturated carbocycles. The highest BCUT2D eigenvalue weighted by Gasteiger charge is 2.06. The highest BCUT2D eigenvalue weighted by Crippen LogP contribution is 2.17. The van der Waals surface area contributed by atoms with Crippen LogP contribution in [-0.4, -0.2) is 18.4 Å². The molecule has 6 nitrogen and oxygen atoms in total. The van der Waals surface area contributed by atoms with Crippen LogP contribution in [-0.2, 0) is 4.79 Å². The standard InChI is InChI=1S/C15H15N3O3/c16-12-3-1-2-4-13(12)18-14(19)9-21-11-7-5-10(6-8-11)15(17)20/h1-8H,9,16H2,(H2,17,20)(H,18,19). The zero-order valence-corrected chi connectivity index (χ0v) is 11.2. The molecule has 0 atom stereocenters. The summed E-state index contributed by atoms with van der Waals surface area (Å²) in [4.78, 5) is 22.7. The molecule has 0 aliphatic rings. The monoisotopic (exact) mass is 285 g/mol. The van der Waals surface area contributed by atoms with Crippen molar-refractivity contribution in [3.8, 4) is 5.75 Å². The predicted octanol–water partition coefficient (Wildman–Crippen LogP) is 1.39. The number of anilines is 2. The van der Waals surface area contributed by atoms with E-state index in [0.717, 1.165) is 0 Å². The van der Waals surface area contributed by atoms with Crippen molar-refractivity contribution >= 4 is 23.2 Å². The molecule has 0 heterocycles. The van der Waals surface area contributed by atoms with Crippen LogP contribution < -0.4 is 21.5 Å². The van der Waals surface area contributed by atoms with Gasteiger partial charge in [-0.05, 0) is 36.4 Å². The minimum atomic E-state index is -0.515. The molecule has 21 heavy (non-hydrogen) atoms. The van der Waals surface area contributed by atoms with Crippen molar-refractivity contribution in [1.29, 1.82) is 0 Å². The van der Waals surface area contributed by atoms with E-state index >= 15 is 0 Å². The van der Waals surface area contributed by atoms with E-state index in [1.807, 2.05) is 0 Å². The first-order chi connectivity index (χ1) is 10.1. The molecule has 0 radical (unpaired) electrons. The van der Waals surface area contributed by atoms with Crippen molar-refractivity contribution in [2.45, 2.75) is 0 Å². The molecule has 0 bridgehead atoms. The number of nitrogens with one attached hydrogen (secondary N) is 1.